The Hall–Kier alpha value is -2.08. The first-order valence-corrected chi connectivity index (χ1v) is 13.1. The van der Waals surface area contributed by atoms with E-state index in [4.69, 9.17) is 5.73 Å². The molecule has 2 rings (SSSR count). The van der Waals surface area contributed by atoms with Crippen LogP contribution >= 0.6 is 0 Å². The number of primary amides is 1. The number of benzene rings is 1. The lowest BCUT2D eigenvalue weighted by atomic mass is 9.91. The van der Waals surface area contributed by atoms with Gasteiger partial charge in [-0.25, -0.2) is 0 Å². The fourth-order valence-corrected chi connectivity index (χ4v) is 4.81. The smallest absolute Gasteiger partial charge is 0.267 e. The number of carbonyl (C=O) groups excluding carboxylic acids is 1. The second kappa shape index (κ2) is 13.6. The van der Waals surface area contributed by atoms with Crippen LogP contribution in [0.3, 0.4) is 0 Å². The molecule has 33 heavy (non-hydrogen) atoms. The summed E-state index contributed by atoms with van der Waals surface area (Å²) in [4.78, 5) is 11.9. The first kappa shape index (κ1) is 27.2. The van der Waals surface area contributed by atoms with Crippen molar-refractivity contribution in [2.45, 2.75) is 117 Å². The first-order chi connectivity index (χ1) is 15.8. The number of unbranched alkanes of at least 4 members (excludes halogenated alkanes) is 9. The molecule has 6 heteroatoms. The van der Waals surface area contributed by atoms with Gasteiger partial charge < -0.3 is 5.73 Å². The van der Waals surface area contributed by atoms with Gasteiger partial charge in [-0.1, -0.05) is 114 Å². The molecule has 0 radical (unpaired) electrons. The molecule has 1 aliphatic rings. The summed E-state index contributed by atoms with van der Waals surface area (Å²) in [5.41, 5.74) is 9.23. The van der Waals surface area contributed by atoms with E-state index < -0.39 is 0 Å². The molecule has 6 nitrogen and oxygen atoms in total. The second-order valence-corrected chi connectivity index (χ2v) is 10.1. The van der Waals surface area contributed by atoms with E-state index in [2.05, 4.69) is 68.4 Å². The molecule has 0 aromatic heterocycles. The van der Waals surface area contributed by atoms with Crippen LogP contribution in [-0.2, 0) is 4.79 Å². The van der Waals surface area contributed by atoms with Crippen LogP contribution < -0.4 is 10.3 Å². The zero-order valence-electron chi connectivity index (χ0n) is 21.6. The number of amidine groups is 1. The highest BCUT2D eigenvalue weighted by molar-refractivity contribution is 6.05. The molecule has 1 atom stereocenters. The molecule has 1 heterocycles. The number of hydrogen-bond acceptors (Lipinski definition) is 4. The maximum absolute atomic E-state index is 11.9. The predicted molar refractivity (Wildman–Crippen MR) is 139 cm³/mol. The van der Waals surface area contributed by atoms with Crippen molar-refractivity contribution in [2.75, 3.05) is 6.54 Å². The van der Waals surface area contributed by atoms with Gasteiger partial charge in [0.1, 0.15) is 13.0 Å². The van der Waals surface area contributed by atoms with E-state index in [1.165, 1.54) is 62.5 Å². The Morgan fingerprint density at radius 3 is 1.88 bits per heavy atom. The van der Waals surface area contributed by atoms with Gasteiger partial charge in [-0.15, -0.1) is 0 Å². The number of rotatable bonds is 16. The van der Waals surface area contributed by atoms with Gasteiger partial charge in [0.25, 0.3) is 5.84 Å². The van der Waals surface area contributed by atoms with E-state index in [0.29, 0.717) is 17.7 Å². The lowest BCUT2D eigenvalue weighted by Crippen LogP contribution is -2.50. The lowest BCUT2D eigenvalue weighted by molar-refractivity contribution is -0.117. The molecule has 1 aliphatic heterocycles. The number of quaternary nitrogens is 1. The number of amides is 1. The van der Waals surface area contributed by atoms with Crippen molar-refractivity contribution < 1.29 is 4.79 Å². The average Bonchev–Trinajstić information content (AvgIpc) is 3.16. The van der Waals surface area contributed by atoms with Crippen LogP contribution in [0.4, 0.5) is 5.69 Å². The summed E-state index contributed by atoms with van der Waals surface area (Å²) in [5, 5.41) is 13.1. The number of hydrogen-bond donors (Lipinski definition) is 1. The minimum absolute atomic E-state index is 0.0781. The van der Waals surface area contributed by atoms with Gasteiger partial charge in [0, 0.05) is 16.4 Å². The van der Waals surface area contributed by atoms with Crippen LogP contribution in [0.1, 0.15) is 128 Å². The summed E-state index contributed by atoms with van der Waals surface area (Å²) in [6, 6.07) is 6.49. The van der Waals surface area contributed by atoms with Crippen LogP contribution in [0.25, 0.3) is 0 Å². The normalized spacial score (nSPS) is 17.8. The highest BCUT2D eigenvalue weighted by atomic mass is 16.1. The molecule has 1 aromatic carbocycles. The van der Waals surface area contributed by atoms with Crippen molar-refractivity contribution in [1.29, 1.82) is 0 Å². The quantitative estimate of drug-likeness (QED) is 0.200. The summed E-state index contributed by atoms with van der Waals surface area (Å²) in [5.74, 6) is 0.909. The third-order valence-electron chi connectivity index (χ3n) is 6.66. The molecule has 0 saturated heterocycles. The SMILES string of the molecule is CCCCCCCCCCCC[N+]1(c2c(C(C)C)cccc2C(C)C)N=NN=C1CC(N)=O. The van der Waals surface area contributed by atoms with Crippen molar-refractivity contribution in [3.8, 4) is 0 Å². The largest absolute Gasteiger partial charge is 0.369 e. The van der Waals surface area contributed by atoms with Gasteiger partial charge in [-0.3, -0.25) is 4.79 Å². The van der Waals surface area contributed by atoms with Gasteiger partial charge in [-0.2, -0.15) is 0 Å². The van der Waals surface area contributed by atoms with Gasteiger partial charge in [0.2, 0.25) is 5.91 Å². The molecule has 0 aliphatic carbocycles. The van der Waals surface area contributed by atoms with E-state index in [-0.39, 0.29) is 16.9 Å². The topological polar surface area (TPSA) is 80.2 Å². The zero-order valence-corrected chi connectivity index (χ0v) is 21.6. The molecule has 2 N–H and O–H groups in total. The number of nitrogens with two attached hydrogens (primary N) is 1. The van der Waals surface area contributed by atoms with E-state index >= 15 is 0 Å². The van der Waals surface area contributed by atoms with Crippen molar-refractivity contribution >= 4 is 17.4 Å². The summed E-state index contributed by atoms with van der Waals surface area (Å²) in [7, 11) is 0. The van der Waals surface area contributed by atoms with Crippen molar-refractivity contribution in [2.24, 2.45) is 21.3 Å². The molecule has 1 aromatic rings. The van der Waals surface area contributed by atoms with Gasteiger partial charge in [0.05, 0.1) is 5.22 Å². The molecule has 1 unspecified atom stereocenters. The average molecular weight is 457 g/mol. The zero-order chi connectivity index (χ0) is 24.3. The Labute approximate surface area is 201 Å². The molecule has 0 saturated carbocycles. The van der Waals surface area contributed by atoms with Gasteiger partial charge in [-0.05, 0) is 24.7 Å². The molecule has 0 fully saturated rings. The van der Waals surface area contributed by atoms with Crippen LogP contribution in [0, 0.1) is 0 Å². The van der Waals surface area contributed by atoms with E-state index in [1.807, 2.05) is 0 Å². The Balaban J connectivity index is 2.18. The van der Waals surface area contributed by atoms with E-state index in [1.54, 1.807) is 0 Å². The summed E-state index contributed by atoms with van der Waals surface area (Å²) in [6.07, 6.45) is 12.8. The Bertz CT molecular complexity index is 788. The van der Waals surface area contributed by atoms with Crippen molar-refractivity contribution in [3.05, 3.63) is 29.3 Å². The minimum Gasteiger partial charge on any atom is -0.369 e. The first-order valence-electron chi connectivity index (χ1n) is 13.1. The van der Waals surface area contributed by atoms with Crippen LogP contribution in [0.2, 0.25) is 0 Å². The summed E-state index contributed by atoms with van der Waals surface area (Å²) in [6.45, 7) is 11.8. The number of nitrogens with zero attached hydrogens (tertiary/aromatic N) is 4. The highest BCUT2D eigenvalue weighted by Crippen LogP contribution is 2.42. The van der Waals surface area contributed by atoms with E-state index in [9.17, 15) is 4.79 Å². The Morgan fingerprint density at radius 2 is 1.39 bits per heavy atom. The van der Waals surface area contributed by atoms with Gasteiger partial charge in [0.15, 0.2) is 5.69 Å². The molecular formula is C27H46N5O+. The summed E-state index contributed by atoms with van der Waals surface area (Å²) < 4.78 is 0.196. The van der Waals surface area contributed by atoms with E-state index in [0.717, 1.165) is 25.1 Å². The Morgan fingerprint density at radius 1 is 0.879 bits per heavy atom. The van der Waals surface area contributed by atoms with Crippen LogP contribution in [-0.4, -0.2) is 18.3 Å². The molecular weight excluding hydrogens is 410 g/mol. The maximum Gasteiger partial charge on any atom is 0.267 e. The fraction of sp³-hybridized carbons (Fsp3) is 0.704. The summed E-state index contributed by atoms with van der Waals surface area (Å²) >= 11 is 0. The molecule has 0 spiro atoms. The third kappa shape index (κ3) is 7.46. The lowest BCUT2D eigenvalue weighted by Gasteiger charge is -2.32. The number of para-hydroxylation sites is 1. The predicted octanol–water partition coefficient (Wildman–Crippen LogP) is 7.73. The van der Waals surface area contributed by atoms with Crippen molar-refractivity contribution in [1.82, 2.24) is 4.59 Å². The van der Waals surface area contributed by atoms with Gasteiger partial charge >= 0.3 is 0 Å². The minimum atomic E-state index is -0.389. The second-order valence-electron chi connectivity index (χ2n) is 10.1. The van der Waals surface area contributed by atoms with Crippen LogP contribution in [0.15, 0.2) is 33.7 Å². The standard InChI is InChI=1S/C27H45N5O/c1-6-7-8-9-10-11-12-13-14-15-19-32(26(20-25(28)33)29-30-31-32)27-23(21(2)3)17-16-18-24(27)22(4)5/h16-18,21-22H,6-15,19-20H2,1-5H3,(H-,28,33)/p+1. The molecule has 1 amide bonds. The third-order valence-corrected chi connectivity index (χ3v) is 6.66. The fourth-order valence-electron chi connectivity index (χ4n) is 4.81. The van der Waals surface area contributed by atoms with Crippen LogP contribution in [0.5, 0.6) is 0 Å². The Kier molecular flexibility index (Phi) is 11.2. The van der Waals surface area contributed by atoms with Crippen molar-refractivity contribution in [3.63, 3.8) is 0 Å². The molecule has 184 valence electrons. The monoisotopic (exact) mass is 456 g/mol. The maximum atomic E-state index is 11.9. The molecule has 0 bridgehead atoms. The highest BCUT2D eigenvalue weighted by Gasteiger charge is 2.46. The number of carbonyl (C=O) groups is 1.